The number of benzene rings is 1. The number of aromatic nitrogens is 2. The van der Waals surface area contributed by atoms with Gasteiger partial charge in [-0.25, -0.2) is 4.79 Å². The lowest BCUT2D eigenvalue weighted by Gasteiger charge is -1.97. The molecule has 0 unspecified atom stereocenters. The fraction of sp³-hybridized carbons (Fsp3) is 0.176. The van der Waals surface area contributed by atoms with E-state index in [9.17, 15) is 9.59 Å². The Morgan fingerprint density at radius 3 is 2.54 bits per heavy atom. The average Bonchev–Trinajstić information content (AvgIpc) is 3.34. The van der Waals surface area contributed by atoms with E-state index >= 15 is 0 Å². The van der Waals surface area contributed by atoms with Crippen molar-refractivity contribution in [2.75, 3.05) is 12.9 Å². The summed E-state index contributed by atoms with van der Waals surface area (Å²) >= 11 is 4.26. The molecule has 26 heavy (non-hydrogen) atoms. The summed E-state index contributed by atoms with van der Waals surface area (Å²) in [6, 6.07) is 12.5. The number of Topliss-reactive ketones (excluding diaryl/α,β-unsaturated/α-hetero) is 1. The molecule has 3 aromatic rings. The molecule has 9 heteroatoms. The molecule has 0 saturated carbocycles. The van der Waals surface area contributed by atoms with Crippen LogP contribution in [0, 0.1) is 0 Å². The zero-order chi connectivity index (χ0) is 18.4. The van der Waals surface area contributed by atoms with Crippen molar-refractivity contribution in [3.05, 3.63) is 59.5 Å². The summed E-state index contributed by atoms with van der Waals surface area (Å²) in [5, 5.41) is 8.20. The summed E-state index contributed by atoms with van der Waals surface area (Å²) in [5.74, 6) is 1.24. The van der Waals surface area contributed by atoms with Crippen LogP contribution in [0.4, 0.5) is 0 Å². The largest absolute Gasteiger partial charge is 0.463 e. The fourth-order valence-corrected chi connectivity index (χ4v) is 4.76. The first-order valence-corrected chi connectivity index (χ1v) is 10.3. The van der Waals surface area contributed by atoms with E-state index in [4.69, 9.17) is 4.42 Å². The Morgan fingerprint density at radius 2 is 1.81 bits per heavy atom. The molecule has 0 bridgehead atoms. The summed E-state index contributed by atoms with van der Waals surface area (Å²) in [7, 11) is 1.31. The normalized spacial score (nSPS) is 10.7. The van der Waals surface area contributed by atoms with Gasteiger partial charge in [0.15, 0.2) is 14.5 Å². The Kier molecular flexibility index (Phi) is 6.48. The topological polar surface area (TPSA) is 82.3 Å². The Hall–Kier alpha value is -2.10. The van der Waals surface area contributed by atoms with E-state index in [1.54, 1.807) is 24.3 Å². The van der Waals surface area contributed by atoms with Crippen molar-refractivity contribution < 1.29 is 18.7 Å². The molecular formula is C17H14N2O4S3. The third kappa shape index (κ3) is 4.96. The molecule has 0 atom stereocenters. The van der Waals surface area contributed by atoms with Gasteiger partial charge in [0.05, 0.1) is 18.6 Å². The zero-order valence-electron chi connectivity index (χ0n) is 13.7. The van der Waals surface area contributed by atoms with Gasteiger partial charge in [0.1, 0.15) is 5.76 Å². The first-order chi connectivity index (χ1) is 12.7. The Balaban J connectivity index is 1.49. The number of hydrogen-bond donors (Lipinski definition) is 0. The zero-order valence-corrected chi connectivity index (χ0v) is 16.2. The van der Waals surface area contributed by atoms with Gasteiger partial charge in [-0.3, -0.25) is 4.79 Å². The second-order valence-electron chi connectivity index (χ2n) is 4.96. The maximum atomic E-state index is 12.1. The van der Waals surface area contributed by atoms with Crippen LogP contribution in [0.2, 0.25) is 0 Å². The van der Waals surface area contributed by atoms with Crippen LogP contribution < -0.4 is 0 Å². The number of furan rings is 1. The van der Waals surface area contributed by atoms with Crippen LogP contribution >= 0.6 is 34.9 Å². The minimum atomic E-state index is -0.501. The van der Waals surface area contributed by atoms with Crippen molar-refractivity contribution >= 4 is 46.6 Å². The summed E-state index contributed by atoms with van der Waals surface area (Å²) in [6.07, 6.45) is 0. The van der Waals surface area contributed by atoms with Crippen molar-refractivity contribution in [3.63, 3.8) is 0 Å². The molecule has 0 spiro atoms. The molecule has 134 valence electrons. The minimum absolute atomic E-state index is 0.0610. The van der Waals surface area contributed by atoms with Gasteiger partial charge >= 0.3 is 5.97 Å². The number of ether oxygens (including phenoxy) is 1. The van der Waals surface area contributed by atoms with Gasteiger partial charge in [0.25, 0.3) is 0 Å². The quantitative estimate of drug-likeness (QED) is 0.313. The third-order valence-electron chi connectivity index (χ3n) is 3.20. The lowest BCUT2D eigenvalue weighted by Crippen LogP contribution is -2.01. The second-order valence-corrected chi connectivity index (χ2v) is 8.38. The van der Waals surface area contributed by atoms with E-state index in [1.807, 2.05) is 18.2 Å². The van der Waals surface area contributed by atoms with Crippen molar-refractivity contribution in [2.24, 2.45) is 0 Å². The van der Waals surface area contributed by atoms with Gasteiger partial charge in [-0.1, -0.05) is 65.2 Å². The van der Waals surface area contributed by atoms with Crippen LogP contribution in [0.15, 0.2) is 55.6 Å². The van der Waals surface area contributed by atoms with Crippen LogP contribution in [0.1, 0.15) is 26.7 Å². The van der Waals surface area contributed by atoms with E-state index in [1.165, 1.54) is 42.0 Å². The highest BCUT2D eigenvalue weighted by Gasteiger charge is 2.13. The van der Waals surface area contributed by atoms with E-state index in [0.717, 1.165) is 8.68 Å². The Labute approximate surface area is 162 Å². The number of ketones is 1. The van der Waals surface area contributed by atoms with Crippen molar-refractivity contribution in [2.45, 2.75) is 14.4 Å². The molecule has 0 aliphatic carbocycles. The highest BCUT2D eigenvalue weighted by molar-refractivity contribution is 8.03. The van der Waals surface area contributed by atoms with Crippen LogP contribution in [0.25, 0.3) is 0 Å². The molecule has 0 fully saturated rings. The average molecular weight is 407 g/mol. The summed E-state index contributed by atoms with van der Waals surface area (Å²) in [4.78, 5) is 23.5. The standard InChI is InChI=1S/C17H14N2O4S3/c1-22-15(21)14-8-7-12(23-14)9-24-16-18-19-17(26-16)25-10-13(20)11-5-3-2-4-6-11/h2-8H,9-10H2,1H3. The molecule has 0 radical (unpaired) electrons. The van der Waals surface area contributed by atoms with Crippen LogP contribution in [0.5, 0.6) is 0 Å². The van der Waals surface area contributed by atoms with Crippen LogP contribution in [0.3, 0.4) is 0 Å². The smallest absolute Gasteiger partial charge is 0.373 e. The first kappa shape index (κ1) is 18.7. The summed E-state index contributed by atoms with van der Waals surface area (Å²) < 4.78 is 11.5. The number of hydrogen-bond acceptors (Lipinski definition) is 9. The third-order valence-corrected chi connectivity index (χ3v) is 6.41. The molecular weight excluding hydrogens is 392 g/mol. The number of esters is 1. The minimum Gasteiger partial charge on any atom is -0.463 e. The number of carbonyl (C=O) groups excluding carboxylic acids is 2. The molecule has 1 aromatic carbocycles. The SMILES string of the molecule is COC(=O)c1ccc(CSc2nnc(SCC(=O)c3ccccc3)s2)o1. The van der Waals surface area contributed by atoms with E-state index in [-0.39, 0.29) is 11.5 Å². The van der Waals surface area contributed by atoms with Gasteiger partial charge in [-0.05, 0) is 12.1 Å². The number of carbonyl (C=O) groups is 2. The number of thioether (sulfide) groups is 2. The number of rotatable bonds is 8. The second kappa shape index (κ2) is 9.02. The van der Waals surface area contributed by atoms with E-state index in [2.05, 4.69) is 14.9 Å². The monoisotopic (exact) mass is 406 g/mol. The lowest BCUT2D eigenvalue weighted by molar-refractivity contribution is 0.0563. The van der Waals surface area contributed by atoms with Crippen molar-refractivity contribution in [1.82, 2.24) is 10.2 Å². The predicted molar refractivity (Wildman–Crippen MR) is 101 cm³/mol. The summed E-state index contributed by atoms with van der Waals surface area (Å²) in [5.41, 5.74) is 0.693. The molecule has 2 aromatic heterocycles. The Morgan fingerprint density at radius 1 is 1.08 bits per heavy atom. The molecule has 3 rings (SSSR count). The Bertz CT molecular complexity index is 892. The number of methoxy groups -OCH3 is 1. The molecule has 0 N–H and O–H groups in total. The molecule has 6 nitrogen and oxygen atoms in total. The predicted octanol–water partition coefficient (Wildman–Crippen LogP) is 4.19. The van der Waals surface area contributed by atoms with E-state index in [0.29, 0.717) is 22.8 Å². The molecule has 0 amide bonds. The molecule has 0 aliphatic heterocycles. The first-order valence-electron chi connectivity index (χ1n) is 7.50. The van der Waals surface area contributed by atoms with Crippen LogP contribution in [-0.2, 0) is 10.5 Å². The maximum absolute atomic E-state index is 12.1. The van der Waals surface area contributed by atoms with Gasteiger partial charge < -0.3 is 9.15 Å². The van der Waals surface area contributed by atoms with Crippen molar-refractivity contribution in [1.29, 1.82) is 0 Å². The van der Waals surface area contributed by atoms with Gasteiger partial charge in [0.2, 0.25) is 5.76 Å². The van der Waals surface area contributed by atoms with Crippen molar-refractivity contribution in [3.8, 4) is 0 Å². The highest BCUT2D eigenvalue weighted by Crippen LogP contribution is 2.31. The highest BCUT2D eigenvalue weighted by atomic mass is 32.2. The number of nitrogens with zero attached hydrogens (tertiary/aromatic N) is 2. The molecule has 0 aliphatic rings. The maximum Gasteiger partial charge on any atom is 0.373 e. The summed E-state index contributed by atoms with van der Waals surface area (Å²) in [6.45, 7) is 0. The van der Waals surface area contributed by atoms with Gasteiger partial charge in [-0.15, -0.1) is 10.2 Å². The lowest BCUT2D eigenvalue weighted by atomic mass is 10.2. The molecule has 0 saturated heterocycles. The fourth-order valence-electron chi connectivity index (χ4n) is 1.95. The van der Waals surface area contributed by atoms with Gasteiger partial charge in [-0.2, -0.15) is 0 Å². The van der Waals surface area contributed by atoms with E-state index < -0.39 is 5.97 Å². The van der Waals surface area contributed by atoms with Gasteiger partial charge in [0, 0.05) is 5.56 Å². The molecule has 2 heterocycles. The van der Waals surface area contributed by atoms with Crippen LogP contribution in [-0.4, -0.2) is 34.8 Å².